The molecule has 9 heteroatoms. The fourth-order valence-electron chi connectivity index (χ4n) is 5.53. The van der Waals surface area contributed by atoms with E-state index < -0.39 is 40.0 Å². The predicted molar refractivity (Wildman–Crippen MR) is 167 cm³/mol. The van der Waals surface area contributed by atoms with Gasteiger partial charge >= 0.3 is 22.1 Å². The van der Waals surface area contributed by atoms with Crippen molar-refractivity contribution in [2.24, 2.45) is 11.7 Å². The van der Waals surface area contributed by atoms with Crippen molar-refractivity contribution in [3.05, 3.63) is 119 Å². The Bertz CT molecular complexity index is 1700. The van der Waals surface area contributed by atoms with Crippen LogP contribution in [0, 0.1) is 12.8 Å². The van der Waals surface area contributed by atoms with E-state index in [1.807, 2.05) is 55.5 Å². The van der Waals surface area contributed by atoms with Gasteiger partial charge in [-0.15, -0.1) is 0 Å². The second-order valence-corrected chi connectivity index (χ2v) is 12.6. The summed E-state index contributed by atoms with van der Waals surface area (Å²) in [6, 6.07) is 28.3. The van der Waals surface area contributed by atoms with Crippen molar-refractivity contribution >= 4 is 22.1 Å². The summed E-state index contributed by atoms with van der Waals surface area (Å²) < 4.78 is 42.3. The van der Waals surface area contributed by atoms with Crippen LogP contribution in [0.3, 0.4) is 0 Å². The van der Waals surface area contributed by atoms with Crippen molar-refractivity contribution in [3.8, 4) is 16.9 Å². The van der Waals surface area contributed by atoms with Crippen LogP contribution in [0.15, 0.2) is 102 Å². The summed E-state index contributed by atoms with van der Waals surface area (Å²) in [6.07, 6.45) is -0.414. The molecular weight excluding hydrogens is 578 g/mol. The monoisotopic (exact) mass is 613 g/mol. The highest BCUT2D eigenvalue weighted by atomic mass is 32.2. The first-order chi connectivity index (χ1) is 21.1. The van der Waals surface area contributed by atoms with Crippen molar-refractivity contribution < 1.29 is 31.7 Å². The molecule has 2 N–H and O–H groups in total. The van der Waals surface area contributed by atoms with Crippen molar-refractivity contribution in [3.63, 3.8) is 0 Å². The zero-order valence-electron chi connectivity index (χ0n) is 24.8. The Labute approximate surface area is 257 Å². The van der Waals surface area contributed by atoms with Gasteiger partial charge in [-0.05, 0) is 72.9 Å². The smallest absolute Gasteiger partial charge is 0.339 e. The van der Waals surface area contributed by atoms with Gasteiger partial charge in [0.25, 0.3) is 0 Å². The first kappa shape index (κ1) is 31.0. The first-order valence-corrected chi connectivity index (χ1v) is 15.9. The van der Waals surface area contributed by atoms with Gasteiger partial charge in [0, 0.05) is 12.5 Å². The van der Waals surface area contributed by atoms with Crippen molar-refractivity contribution in [1.82, 2.24) is 0 Å². The molecule has 0 fully saturated rings. The number of benzene rings is 4. The zero-order valence-corrected chi connectivity index (χ0v) is 25.6. The van der Waals surface area contributed by atoms with Crippen LogP contribution >= 0.6 is 0 Å². The van der Waals surface area contributed by atoms with E-state index >= 15 is 0 Å². The summed E-state index contributed by atoms with van der Waals surface area (Å²) in [7, 11) is -4.08. The van der Waals surface area contributed by atoms with Crippen LogP contribution in [0.2, 0.25) is 0 Å². The highest BCUT2D eigenvalue weighted by Crippen LogP contribution is 2.44. The molecule has 0 aliphatic heterocycles. The van der Waals surface area contributed by atoms with E-state index in [2.05, 4.69) is 0 Å². The average Bonchev–Trinajstić information content (AvgIpc) is 3.32. The summed E-state index contributed by atoms with van der Waals surface area (Å²) in [5.41, 5.74) is 11.7. The molecule has 0 amide bonds. The quantitative estimate of drug-likeness (QED) is 0.168. The molecule has 0 bridgehead atoms. The molecule has 4 aromatic carbocycles. The fourth-order valence-corrected chi connectivity index (χ4v) is 6.46. The maximum absolute atomic E-state index is 13.8. The van der Waals surface area contributed by atoms with E-state index in [0.29, 0.717) is 5.56 Å². The van der Waals surface area contributed by atoms with Gasteiger partial charge in [-0.3, -0.25) is 9.59 Å². The van der Waals surface area contributed by atoms with Crippen LogP contribution in [0.1, 0.15) is 47.9 Å². The van der Waals surface area contributed by atoms with Crippen LogP contribution in [-0.4, -0.2) is 39.6 Å². The van der Waals surface area contributed by atoms with E-state index in [4.69, 9.17) is 19.4 Å². The number of rotatable bonds is 11. The minimum Gasteiger partial charge on any atom is -0.464 e. The maximum Gasteiger partial charge on any atom is 0.339 e. The molecular formula is C35H35NO7S. The van der Waals surface area contributed by atoms with Gasteiger partial charge in [-0.25, -0.2) is 0 Å². The molecule has 2 unspecified atom stereocenters. The summed E-state index contributed by atoms with van der Waals surface area (Å²) in [5.74, 6) is -3.51. The number of hydrogen-bond donors (Lipinski definition) is 1. The van der Waals surface area contributed by atoms with E-state index in [-0.39, 0.29) is 29.7 Å². The largest absolute Gasteiger partial charge is 0.464 e. The Hall–Kier alpha value is -4.47. The van der Waals surface area contributed by atoms with Crippen LogP contribution in [0.5, 0.6) is 5.75 Å². The van der Waals surface area contributed by atoms with Gasteiger partial charge in [-0.2, -0.15) is 8.42 Å². The highest BCUT2D eigenvalue weighted by molar-refractivity contribution is 7.87. The van der Waals surface area contributed by atoms with Crippen molar-refractivity contribution in [1.29, 1.82) is 0 Å². The number of esters is 2. The molecule has 0 saturated heterocycles. The minimum atomic E-state index is -4.08. The van der Waals surface area contributed by atoms with Crippen molar-refractivity contribution in [2.75, 3.05) is 13.2 Å². The van der Waals surface area contributed by atoms with Gasteiger partial charge in [0.05, 0.1) is 17.9 Å². The standard InChI is InChI=1S/C35H35NO7S/c1-22(2)42-34(37)31(20-36)33(24-14-16-25(17-15-24)43-44(39,40)26-18-12-23(3)13-19-26)35(38)41-21-32-29-10-6-4-8-27(29)28-9-5-7-11-30(28)32/h4-19,22,31-33H,20-21,36H2,1-3H3. The molecule has 1 aliphatic carbocycles. The van der Waals surface area contributed by atoms with E-state index in [9.17, 15) is 18.0 Å². The summed E-state index contributed by atoms with van der Waals surface area (Å²) in [6.45, 7) is 5.19. The van der Waals surface area contributed by atoms with Crippen LogP contribution in [-0.2, 0) is 29.2 Å². The number of nitrogens with two attached hydrogens (primary N) is 1. The SMILES string of the molecule is Cc1ccc(S(=O)(=O)Oc2ccc(C(C(=O)OCC3c4ccccc4-c4ccccc43)C(CN)C(=O)OC(C)C)cc2)cc1. The molecule has 1 aliphatic rings. The molecule has 4 aromatic rings. The van der Waals surface area contributed by atoms with Gasteiger partial charge in [0.2, 0.25) is 0 Å². The molecule has 0 aromatic heterocycles. The number of ether oxygens (including phenoxy) is 2. The number of carbonyl (C=O) groups excluding carboxylic acids is 2. The molecule has 228 valence electrons. The number of aryl methyl sites for hydroxylation is 1. The number of carbonyl (C=O) groups is 2. The van der Waals surface area contributed by atoms with Crippen LogP contribution in [0.25, 0.3) is 11.1 Å². The molecule has 0 radical (unpaired) electrons. The van der Waals surface area contributed by atoms with Gasteiger partial charge in [0.15, 0.2) is 0 Å². The summed E-state index contributed by atoms with van der Waals surface area (Å²) in [5, 5.41) is 0. The van der Waals surface area contributed by atoms with Gasteiger partial charge in [-0.1, -0.05) is 78.4 Å². The molecule has 0 saturated carbocycles. The zero-order chi connectivity index (χ0) is 31.4. The Morgan fingerprint density at radius 2 is 1.36 bits per heavy atom. The molecule has 44 heavy (non-hydrogen) atoms. The summed E-state index contributed by atoms with van der Waals surface area (Å²) >= 11 is 0. The van der Waals surface area contributed by atoms with Crippen LogP contribution < -0.4 is 9.92 Å². The topological polar surface area (TPSA) is 122 Å². The fraction of sp³-hybridized carbons (Fsp3) is 0.257. The van der Waals surface area contributed by atoms with E-state index in [0.717, 1.165) is 27.8 Å². The van der Waals surface area contributed by atoms with Crippen LogP contribution in [0.4, 0.5) is 0 Å². The maximum atomic E-state index is 13.8. The Morgan fingerprint density at radius 1 is 0.795 bits per heavy atom. The lowest BCUT2D eigenvalue weighted by molar-refractivity contribution is -0.159. The second-order valence-electron chi connectivity index (χ2n) is 11.1. The van der Waals surface area contributed by atoms with E-state index in [1.165, 1.54) is 36.4 Å². The lowest BCUT2D eigenvalue weighted by Gasteiger charge is -2.25. The Balaban J connectivity index is 1.40. The molecule has 8 nitrogen and oxygen atoms in total. The van der Waals surface area contributed by atoms with Crippen molar-refractivity contribution in [2.45, 2.75) is 43.6 Å². The molecule has 0 spiro atoms. The normalized spacial score (nSPS) is 13.9. The molecule has 5 rings (SSSR count). The lowest BCUT2D eigenvalue weighted by atomic mass is 9.85. The molecule has 2 atom stereocenters. The van der Waals surface area contributed by atoms with Gasteiger partial charge in [0.1, 0.15) is 17.3 Å². The molecule has 0 heterocycles. The Morgan fingerprint density at radius 3 is 1.91 bits per heavy atom. The third kappa shape index (κ3) is 6.54. The minimum absolute atomic E-state index is 0.0170. The lowest BCUT2D eigenvalue weighted by Crippen LogP contribution is -2.37. The number of hydrogen-bond acceptors (Lipinski definition) is 8. The third-order valence-corrected chi connectivity index (χ3v) is 8.94. The highest BCUT2D eigenvalue weighted by Gasteiger charge is 2.38. The average molecular weight is 614 g/mol. The first-order valence-electron chi connectivity index (χ1n) is 14.5. The summed E-state index contributed by atoms with van der Waals surface area (Å²) in [4.78, 5) is 27.0. The van der Waals surface area contributed by atoms with Gasteiger partial charge < -0.3 is 19.4 Å². The number of fused-ring (bicyclic) bond motifs is 3. The second kappa shape index (κ2) is 13.0. The Kier molecular flexibility index (Phi) is 9.17. The third-order valence-electron chi connectivity index (χ3n) is 7.67. The van der Waals surface area contributed by atoms with E-state index in [1.54, 1.807) is 26.0 Å². The predicted octanol–water partition coefficient (Wildman–Crippen LogP) is 5.73.